The lowest BCUT2D eigenvalue weighted by atomic mass is 10.1. The van der Waals surface area contributed by atoms with Crippen molar-refractivity contribution < 1.29 is 4.79 Å². The average Bonchev–Trinajstić information content (AvgIpc) is 2.41. The summed E-state index contributed by atoms with van der Waals surface area (Å²) in [6.07, 6.45) is 0. The van der Waals surface area contributed by atoms with Crippen LogP contribution in [-0.4, -0.2) is 13.0 Å². The minimum atomic E-state index is 0.00246. The number of hydrogen-bond donors (Lipinski definition) is 0. The maximum Gasteiger partial charge on any atom is 0.258 e. The predicted molar refractivity (Wildman–Crippen MR) is 82.8 cm³/mol. The van der Waals surface area contributed by atoms with E-state index >= 15 is 0 Å². The highest BCUT2D eigenvalue weighted by molar-refractivity contribution is 9.10. The topological polar surface area (TPSA) is 20.3 Å². The van der Waals surface area contributed by atoms with Crippen molar-refractivity contribution >= 4 is 27.5 Å². The highest BCUT2D eigenvalue weighted by atomic mass is 79.9. The zero-order chi connectivity index (χ0) is 14.0. The Bertz CT molecular complexity index is 605. The molecule has 0 unspecified atom stereocenters. The van der Waals surface area contributed by atoms with Gasteiger partial charge >= 0.3 is 0 Å². The Morgan fingerprint density at radius 1 is 1.05 bits per heavy atom. The van der Waals surface area contributed by atoms with Crippen LogP contribution >= 0.6 is 15.9 Å². The van der Waals surface area contributed by atoms with Gasteiger partial charge in [-0.1, -0.05) is 39.7 Å². The van der Waals surface area contributed by atoms with E-state index < -0.39 is 0 Å². The molecule has 0 heterocycles. The summed E-state index contributed by atoms with van der Waals surface area (Å²) >= 11 is 3.41. The van der Waals surface area contributed by atoms with Crippen LogP contribution in [0.4, 0.5) is 5.69 Å². The zero-order valence-electron chi connectivity index (χ0n) is 11.3. The third-order valence-corrected chi connectivity index (χ3v) is 3.65. The number of aryl methyl sites for hydroxylation is 2. The Morgan fingerprint density at radius 2 is 1.68 bits per heavy atom. The van der Waals surface area contributed by atoms with Gasteiger partial charge in [-0.2, -0.15) is 0 Å². The van der Waals surface area contributed by atoms with E-state index in [1.807, 2.05) is 56.3 Å². The number of benzene rings is 2. The van der Waals surface area contributed by atoms with Gasteiger partial charge in [-0.3, -0.25) is 4.79 Å². The van der Waals surface area contributed by atoms with Crippen molar-refractivity contribution in [1.82, 2.24) is 0 Å². The number of anilines is 1. The molecule has 98 valence electrons. The predicted octanol–water partition coefficient (Wildman–Crippen LogP) is 4.34. The van der Waals surface area contributed by atoms with Crippen LogP contribution in [0.5, 0.6) is 0 Å². The van der Waals surface area contributed by atoms with E-state index in [9.17, 15) is 4.79 Å². The molecule has 0 radical (unpaired) electrons. The fourth-order valence-electron chi connectivity index (χ4n) is 1.89. The average molecular weight is 318 g/mol. The summed E-state index contributed by atoms with van der Waals surface area (Å²) in [5.74, 6) is 0.00246. The van der Waals surface area contributed by atoms with Crippen molar-refractivity contribution in [3.63, 3.8) is 0 Å². The monoisotopic (exact) mass is 317 g/mol. The molecule has 0 bridgehead atoms. The van der Waals surface area contributed by atoms with Gasteiger partial charge in [0.25, 0.3) is 5.91 Å². The van der Waals surface area contributed by atoms with Crippen LogP contribution in [0.25, 0.3) is 0 Å². The lowest BCUT2D eigenvalue weighted by Crippen LogP contribution is -2.26. The van der Waals surface area contributed by atoms with Gasteiger partial charge in [0.05, 0.1) is 0 Å². The first-order chi connectivity index (χ1) is 8.99. The van der Waals surface area contributed by atoms with Crippen LogP contribution < -0.4 is 4.90 Å². The molecule has 0 fully saturated rings. The summed E-state index contributed by atoms with van der Waals surface area (Å²) in [6, 6.07) is 13.7. The molecule has 0 aliphatic carbocycles. The van der Waals surface area contributed by atoms with E-state index in [1.165, 1.54) is 5.56 Å². The second-order valence-corrected chi connectivity index (χ2v) is 5.57. The lowest BCUT2D eigenvalue weighted by molar-refractivity contribution is 0.0992. The third kappa shape index (κ3) is 3.04. The van der Waals surface area contributed by atoms with E-state index in [-0.39, 0.29) is 5.91 Å². The first kappa shape index (κ1) is 13.8. The SMILES string of the molecule is Cc1ccc(N(C)C(=O)c2cc(Br)ccc2C)cc1. The quantitative estimate of drug-likeness (QED) is 0.806. The Hall–Kier alpha value is -1.61. The van der Waals surface area contributed by atoms with Crippen LogP contribution in [0, 0.1) is 13.8 Å². The number of rotatable bonds is 2. The maximum absolute atomic E-state index is 12.5. The molecule has 0 spiro atoms. The van der Waals surface area contributed by atoms with Crippen molar-refractivity contribution in [2.75, 3.05) is 11.9 Å². The van der Waals surface area contributed by atoms with E-state index in [2.05, 4.69) is 15.9 Å². The molecule has 0 N–H and O–H groups in total. The lowest BCUT2D eigenvalue weighted by Gasteiger charge is -2.19. The number of carbonyl (C=O) groups excluding carboxylic acids is 1. The number of amides is 1. The van der Waals surface area contributed by atoms with Crippen molar-refractivity contribution in [2.45, 2.75) is 13.8 Å². The third-order valence-electron chi connectivity index (χ3n) is 3.16. The molecule has 2 rings (SSSR count). The van der Waals surface area contributed by atoms with Gasteiger partial charge in [0.1, 0.15) is 0 Å². The molecule has 0 aromatic heterocycles. The first-order valence-corrected chi connectivity index (χ1v) is 6.89. The molecule has 0 aliphatic rings. The standard InChI is InChI=1S/C16H16BrNO/c1-11-4-8-14(9-5-11)18(3)16(19)15-10-13(17)7-6-12(15)2/h4-10H,1-3H3. The number of nitrogens with zero attached hydrogens (tertiary/aromatic N) is 1. The highest BCUT2D eigenvalue weighted by Crippen LogP contribution is 2.21. The molecule has 1 amide bonds. The molecule has 0 atom stereocenters. The number of carbonyl (C=O) groups is 1. The van der Waals surface area contributed by atoms with Crippen LogP contribution in [0.1, 0.15) is 21.5 Å². The fraction of sp³-hybridized carbons (Fsp3) is 0.188. The molecular weight excluding hydrogens is 302 g/mol. The van der Waals surface area contributed by atoms with Crippen LogP contribution in [0.3, 0.4) is 0 Å². The van der Waals surface area contributed by atoms with E-state index in [0.29, 0.717) is 0 Å². The van der Waals surface area contributed by atoms with Gasteiger partial charge in [-0.25, -0.2) is 0 Å². The van der Waals surface area contributed by atoms with Crippen molar-refractivity contribution in [3.05, 3.63) is 63.6 Å². The number of halogens is 1. The molecule has 19 heavy (non-hydrogen) atoms. The molecule has 2 aromatic carbocycles. The normalized spacial score (nSPS) is 10.3. The van der Waals surface area contributed by atoms with E-state index in [4.69, 9.17) is 0 Å². The van der Waals surface area contributed by atoms with E-state index in [0.717, 1.165) is 21.3 Å². The maximum atomic E-state index is 12.5. The van der Waals surface area contributed by atoms with Crippen LogP contribution in [0.15, 0.2) is 46.9 Å². The minimum Gasteiger partial charge on any atom is -0.311 e. The molecule has 3 heteroatoms. The smallest absolute Gasteiger partial charge is 0.258 e. The fourth-order valence-corrected chi connectivity index (χ4v) is 2.25. The summed E-state index contributed by atoms with van der Waals surface area (Å²) in [7, 11) is 1.80. The second-order valence-electron chi connectivity index (χ2n) is 4.66. The Balaban J connectivity index is 2.33. The van der Waals surface area contributed by atoms with Crippen LogP contribution in [-0.2, 0) is 0 Å². The van der Waals surface area contributed by atoms with E-state index in [1.54, 1.807) is 11.9 Å². The highest BCUT2D eigenvalue weighted by Gasteiger charge is 2.15. The van der Waals surface area contributed by atoms with Gasteiger partial charge in [0.15, 0.2) is 0 Å². The first-order valence-electron chi connectivity index (χ1n) is 6.10. The number of hydrogen-bond acceptors (Lipinski definition) is 1. The van der Waals surface area contributed by atoms with Crippen molar-refractivity contribution in [3.8, 4) is 0 Å². The largest absolute Gasteiger partial charge is 0.311 e. The summed E-state index contributed by atoms with van der Waals surface area (Å²) < 4.78 is 0.916. The molecule has 0 saturated carbocycles. The zero-order valence-corrected chi connectivity index (χ0v) is 12.9. The van der Waals surface area contributed by atoms with Gasteiger partial charge in [0, 0.05) is 22.8 Å². The van der Waals surface area contributed by atoms with Crippen LogP contribution in [0.2, 0.25) is 0 Å². The van der Waals surface area contributed by atoms with Crippen molar-refractivity contribution in [1.29, 1.82) is 0 Å². The Labute approximate surface area is 122 Å². The Morgan fingerprint density at radius 3 is 2.32 bits per heavy atom. The molecule has 2 aromatic rings. The molecule has 2 nitrogen and oxygen atoms in total. The molecule has 0 saturated heterocycles. The van der Waals surface area contributed by atoms with Gasteiger partial charge in [-0.05, 0) is 43.7 Å². The summed E-state index contributed by atoms with van der Waals surface area (Å²) in [4.78, 5) is 14.2. The summed E-state index contributed by atoms with van der Waals surface area (Å²) in [5, 5.41) is 0. The summed E-state index contributed by atoms with van der Waals surface area (Å²) in [6.45, 7) is 3.98. The summed E-state index contributed by atoms with van der Waals surface area (Å²) in [5.41, 5.74) is 3.78. The van der Waals surface area contributed by atoms with Gasteiger partial charge in [0.2, 0.25) is 0 Å². The molecular formula is C16H16BrNO. The van der Waals surface area contributed by atoms with Gasteiger partial charge < -0.3 is 4.90 Å². The van der Waals surface area contributed by atoms with Crippen molar-refractivity contribution in [2.24, 2.45) is 0 Å². The minimum absolute atomic E-state index is 0.00246. The molecule has 0 aliphatic heterocycles. The Kier molecular flexibility index (Phi) is 4.05. The van der Waals surface area contributed by atoms with Gasteiger partial charge in [-0.15, -0.1) is 0 Å². The second kappa shape index (κ2) is 5.57.